The third-order valence-corrected chi connectivity index (χ3v) is 1.39. The molecule has 1 aromatic rings. The van der Waals surface area contributed by atoms with Crippen LogP contribution in [0.4, 0.5) is 0 Å². The van der Waals surface area contributed by atoms with E-state index in [1.807, 2.05) is 12.1 Å². The highest BCUT2D eigenvalue weighted by Crippen LogP contribution is 2.17. The highest BCUT2D eigenvalue weighted by atomic mass is 31.0. The minimum atomic E-state index is 0.553. The van der Waals surface area contributed by atoms with Gasteiger partial charge in [-0.2, -0.15) is 5.26 Å². The Labute approximate surface area is 61.7 Å². The molecule has 0 saturated heterocycles. The maximum Gasteiger partial charge on any atom is 0.140 e. The fourth-order valence-corrected chi connectivity index (χ4v) is 0.867. The molecule has 0 spiro atoms. The molecule has 0 aliphatic rings. The summed E-state index contributed by atoms with van der Waals surface area (Å²) >= 11 is 0. The molecule has 0 aliphatic carbocycles. The van der Waals surface area contributed by atoms with Crippen molar-refractivity contribution in [2.45, 2.75) is 0 Å². The van der Waals surface area contributed by atoms with Gasteiger partial charge in [-0.1, -0.05) is 12.1 Å². The van der Waals surface area contributed by atoms with Gasteiger partial charge in [-0.05, 0) is 12.1 Å². The molecule has 2 nitrogen and oxygen atoms in total. The third-order valence-electron chi connectivity index (χ3n) is 1.13. The molecular weight excluding hydrogens is 145 g/mol. The number of nitriles is 1. The lowest BCUT2D eigenvalue weighted by Gasteiger charge is -1.98. The highest BCUT2D eigenvalue weighted by Gasteiger charge is 1.96. The van der Waals surface area contributed by atoms with Gasteiger partial charge >= 0.3 is 0 Å². The van der Waals surface area contributed by atoms with E-state index in [-0.39, 0.29) is 0 Å². The fourth-order valence-electron chi connectivity index (χ4n) is 0.662. The maximum atomic E-state index is 8.51. The Hall–Kier alpha value is -1.06. The SMILES string of the molecule is N#Cc1ccccc1OP. The second-order valence-corrected chi connectivity index (χ2v) is 1.96. The predicted molar refractivity (Wildman–Crippen MR) is 41.5 cm³/mol. The summed E-state index contributed by atoms with van der Waals surface area (Å²) in [4.78, 5) is 0. The van der Waals surface area contributed by atoms with Crippen molar-refractivity contribution in [3.8, 4) is 11.8 Å². The molecule has 0 aliphatic heterocycles. The molecule has 50 valence electrons. The summed E-state index contributed by atoms with van der Waals surface area (Å²) in [5, 5.41) is 8.51. The number of benzene rings is 1. The first-order valence-corrected chi connectivity index (χ1v) is 3.21. The molecular formula is C7H6NOP. The van der Waals surface area contributed by atoms with Crippen molar-refractivity contribution >= 4 is 9.47 Å². The third kappa shape index (κ3) is 1.26. The van der Waals surface area contributed by atoms with Gasteiger partial charge in [-0.3, -0.25) is 0 Å². The molecule has 1 unspecified atom stereocenters. The van der Waals surface area contributed by atoms with Crippen LogP contribution in [0.1, 0.15) is 5.56 Å². The van der Waals surface area contributed by atoms with Crippen LogP contribution in [0.5, 0.6) is 5.75 Å². The van der Waals surface area contributed by atoms with E-state index in [4.69, 9.17) is 9.79 Å². The van der Waals surface area contributed by atoms with Crippen molar-refractivity contribution in [2.24, 2.45) is 0 Å². The predicted octanol–water partition coefficient (Wildman–Crippen LogP) is 1.73. The van der Waals surface area contributed by atoms with E-state index >= 15 is 0 Å². The summed E-state index contributed by atoms with van der Waals surface area (Å²) in [5.74, 6) is 0.593. The lowest BCUT2D eigenvalue weighted by atomic mass is 10.2. The van der Waals surface area contributed by atoms with Gasteiger partial charge in [0.2, 0.25) is 0 Å². The topological polar surface area (TPSA) is 33.0 Å². The lowest BCUT2D eigenvalue weighted by Crippen LogP contribution is -1.79. The van der Waals surface area contributed by atoms with Gasteiger partial charge in [-0.15, -0.1) is 0 Å². The lowest BCUT2D eigenvalue weighted by molar-refractivity contribution is 0.643. The van der Waals surface area contributed by atoms with Crippen molar-refractivity contribution < 1.29 is 4.52 Å². The monoisotopic (exact) mass is 151 g/mol. The van der Waals surface area contributed by atoms with Crippen LogP contribution < -0.4 is 4.52 Å². The van der Waals surface area contributed by atoms with Crippen LogP contribution in [0.3, 0.4) is 0 Å². The summed E-state index contributed by atoms with van der Waals surface area (Å²) in [6, 6.07) is 9.07. The highest BCUT2D eigenvalue weighted by molar-refractivity contribution is 7.10. The van der Waals surface area contributed by atoms with E-state index in [1.54, 1.807) is 18.2 Å². The standard InChI is InChI=1S/C7H6NOP/c8-5-6-3-1-2-4-7(6)9-10/h1-4H,10H2. The molecule has 0 amide bonds. The Morgan fingerprint density at radius 3 is 2.60 bits per heavy atom. The number of hydrogen-bond acceptors (Lipinski definition) is 2. The Morgan fingerprint density at radius 2 is 2.10 bits per heavy atom. The molecule has 0 saturated carbocycles. The van der Waals surface area contributed by atoms with Crippen molar-refractivity contribution in [3.05, 3.63) is 29.8 Å². The Kier molecular flexibility index (Phi) is 2.25. The van der Waals surface area contributed by atoms with Gasteiger partial charge in [0.05, 0.1) is 15.0 Å². The molecule has 0 aromatic heterocycles. The largest absolute Gasteiger partial charge is 0.479 e. The van der Waals surface area contributed by atoms with Gasteiger partial charge in [0.1, 0.15) is 11.8 Å². The Morgan fingerprint density at radius 1 is 1.40 bits per heavy atom. The van der Waals surface area contributed by atoms with Gasteiger partial charge in [0.25, 0.3) is 0 Å². The molecule has 1 atom stereocenters. The molecule has 0 heterocycles. The van der Waals surface area contributed by atoms with E-state index in [1.165, 1.54) is 0 Å². The molecule has 0 fully saturated rings. The zero-order valence-corrected chi connectivity index (χ0v) is 6.40. The smallest absolute Gasteiger partial charge is 0.140 e. The first-order valence-electron chi connectivity index (χ1n) is 2.74. The summed E-state index contributed by atoms with van der Waals surface area (Å²) in [6.45, 7) is 0. The minimum Gasteiger partial charge on any atom is -0.479 e. The first-order chi connectivity index (χ1) is 4.88. The van der Waals surface area contributed by atoms with Crippen molar-refractivity contribution in [3.63, 3.8) is 0 Å². The summed E-state index contributed by atoms with van der Waals surface area (Å²) in [7, 11) is 2.11. The Balaban J connectivity index is 3.12. The van der Waals surface area contributed by atoms with Crippen molar-refractivity contribution in [1.82, 2.24) is 0 Å². The zero-order valence-electron chi connectivity index (χ0n) is 5.24. The van der Waals surface area contributed by atoms with Gasteiger partial charge in [-0.25, -0.2) is 0 Å². The second-order valence-electron chi connectivity index (χ2n) is 1.73. The van der Waals surface area contributed by atoms with Crippen LogP contribution in [0.2, 0.25) is 0 Å². The molecule has 3 heteroatoms. The first kappa shape index (κ1) is 7.05. The molecule has 0 bridgehead atoms. The van der Waals surface area contributed by atoms with Crippen molar-refractivity contribution in [2.75, 3.05) is 0 Å². The van der Waals surface area contributed by atoms with Crippen LogP contribution in [0.25, 0.3) is 0 Å². The van der Waals surface area contributed by atoms with E-state index in [9.17, 15) is 0 Å². The average molecular weight is 151 g/mol. The molecule has 10 heavy (non-hydrogen) atoms. The maximum absolute atomic E-state index is 8.51. The van der Waals surface area contributed by atoms with E-state index < -0.39 is 0 Å². The van der Waals surface area contributed by atoms with E-state index in [0.717, 1.165) is 0 Å². The van der Waals surface area contributed by atoms with Crippen LogP contribution in [-0.2, 0) is 0 Å². The number of rotatable bonds is 1. The van der Waals surface area contributed by atoms with Gasteiger partial charge in [0.15, 0.2) is 0 Å². The van der Waals surface area contributed by atoms with Crippen LogP contribution in [0.15, 0.2) is 24.3 Å². The van der Waals surface area contributed by atoms with Crippen LogP contribution in [0, 0.1) is 11.3 Å². The summed E-state index contributed by atoms with van der Waals surface area (Å²) < 4.78 is 4.83. The zero-order chi connectivity index (χ0) is 7.40. The molecule has 1 aromatic carbocycles. The quantitative estimate of drug-likeness (QED) is 0.572. The summed E-state index contributed by atoms with van der Waals surface area (Å²) in [6.07, 6.45) is 0. The van der Waals surface area contributed by atoms with Gasteiger partial charge in [0, 0.05) is 0 Å². The normalized spacial score (nSPS) is 8.40. The van der Waals surface area contributed by atoms with E-state index in [2.05, 4.69) is 9.47 Å². The number of hydrogen-bond donors (Lipinski definition) is 0. The number of para-hydroxylation sites is 1. The number of nitrogens with zero attached hydrogens (tertiary/aromatic N) is 1. The van der Waals surface area contributed by atoms with E-state index in [0.29, 0.717) is 11.3 Å². The Bertz CT molecular complexity index is 267. The van der Waals surface area contributed by atoms with Gasteiger partial charge < -0.3 is 4.52 Å². The fraction of sp³-hybridized carbons (Fsp3) is 0. The summed E-state index contributed by atoms with van der Waals surface area (Å²) in [5.41, 5.74) is 0.553. The van der Waals surface area contributed by atoms with Crippen LogP contribution >= 0.6 is 9.47 Å². The molecule has 0 radical (unpaired) electrons. The minimum absolute atomic E-state index is 0.553. The van der Waals surface area contributed by atoms with Crippen LogP contribution in [-0.4, -0.2) is 0 Å². The van der Waals surface area contributed by atoms with Crippen molar-refractivity contribution in [1.29, 1.82) is 5.26 Å². The molecule has 1 rings (SSSR count). The average Bonchev–Trinajstić information content (AvgIpc) is 2.04. The molecule has 0 N–H and O–H groups in total. The second kappa shape index (κ2) is 3.20.